The number of hydrogen-bond donors (Lipinski definition) is 3. The van der Waals surface area contributed by atoms with Crippen molar-refractivity contribution in [2.45, 2.75) is 18.9 Å². The molecule has 1 aliphatic rings. The van der Waals surface area contributed by atoms with Crippen molar-refractivity contribution in [2.24, 2.45) is 5.92 Å². The molecule has 2 amide bonds. The first kappa shape index (κ1) is 14.2. The van der Waals surface area contributed by atoms with Crippen molar-refractivity contribution in [3.63, 3.8) is 0 Å². The summed E-state index contributed by atoms with van der Waals surface area (Å²) >= 11 is 0. The lowest BCUT2D eigenvalue weighted by atomic mass is 10.2. The quantitative estimate of drug-likeness (QED) is 0.742. The van der Waals surface area contributed by atoms with Crippen LogP contribution in [-0.2, 0) is 4.79 Å². The summed E-state index contributed by atoms with van der Waals surface area (Å²) in [6.45, 7) is 0. The van der Waals surface area contributed by atoms with E-state index in [0.29, 0.717) is 18.9 Å². The highest BCUT2D eigenvalue weighted by molar-refractivity contribution is 5.92. The highest BCUT2D eigenvalue weighted by Crippen LogP contribution is 2.32. The molecule has 0 radical (unpaired) electrons. The molecule has 0 heterocycles. The van der Waals surface area contributed by atoms with Gasteiger partial charge in [0.2, 0.25) is 0 Å². The van der Waals surface area contributed by atoms with Gasteiger partial charge in [-0.2, -0.15) is 0 Å². The number of anilines is 1. The van der Waals surface area contributed by atoms with E-state index in [4.69, 9.17) is 5.11 Å². The van der Waals surface area contributed by atoms with Crippen LogP contribution >= 0.6 is 0 Å². The molecule has 1 fully saturated rings. The van der Waals surface area contributed by atoms with Crippen LogP contribution in [0.15, 0.2) is 12.1 Å². The van der Waals surface area contributed by atoms with E-state index < -0.39 is 41.2 Å². The Bertz CT molecular complexity index is 561. The zero-order valence-corrected chi connectivity index (χ0v) is 10.1. The molecule has 8 heteroatoms. The highest BCUT2D eigenvalue weighted by atomic mass is 19.2. The lowest BCUT2D eigenvalue weighted by Crippen LogP contribution is -2.44. The smallest absolute Gasteiger partial charge is 0.326 e. The fraction of sp³-hybridized carbons (Fsp3) is 0.333. The van der Waals surface area contributed by atoms with Gasteiger partial charge in [-0.1, -0.05) is 0 Å². The number of urea groups is 1. The zero-order chi connectivity index (χ0) is 14.9. The minimum Gasteiger partial charge on any atom is -0.480 e. The molecule has 3 N–H and O–H groups in total. The lowest BCUT2D eigenvalue weighted by Gasteiger charge is -2.14. The van der Waals surface area contributed by atoms with Gasteiger partial charge >= 0.3 is 12.0 Å². The maximum absolute atomic E-state index is 13.3. The Morgan fingerprint density at radius 2 is 1.85 bits per heavy atom. The molecule has 108 valence electrons. The summed E-state index contributed by atoms with van der Waals surface area (Å²) in [7, 11) is 0. The van der Waals surface area contributed by atoms with E-state index >= 15 is 0 Å². The number of aliphatic carboxylic acids is 1. The van der Waals surface area contributed by atoms with Crippen molar-refractivity contribution in [3.8, 4) is 0 Å². The Morgan fingerprint density at radius 3 is 2.40 bits per heavy atom. The third-order valence-corrected chi connectivity index (χ3v) is 2.93. The largest absolute Gasteiger partial charge is 0.480 e. The third-order valence-electron chi connectivity index (χ3n) is 2.93. The van der Waals surface area contributed by atoms with Gasteiger partial charge in [-0.05, 0) is 30.9 Å². The van der Waals surface area contributed by atoms with Crippen LogP contribution in [0.3, 0.4) is 0 Å². The van der Waals surface area contributed by atoms with Crippen LogP contribution in [0.5, 0.6) is 0 Å². The molecule has 1 unspecified atom stereocenters. The Hall–Kier alpha value is -2.25. The normalized spacial score (nSPS) is 15.6. The van der Waals surface area contributed by atoms with Crippen molar-refractivity contribution in [3.05, 3.63) is 29.6 Å². The van der Waals surface area contributed by atoms with Gasteiger partial charge in [0.15, 0.2) is 17.5 Å². The summed E-state index contributed by atoms with van der Waals surface area (Å²) in [6, 6.07) is -0.568. The second kappa shape index (κ2) is 5.40. The number of carbonyl (C=O) groups excluding carboxylic acids is 1. The Morgan fingerprint density at radius 1 is 1.20 bits per heavy atom. The molecule has 0 bridgehead atoms. The summed E-state index contributed by atoms with van der Waals surface area (Å²) in [4.78, 5) is 22.4. The third kappa shape index (κ3) is 3.01. The van der Waals surface area contributed by atoms with E-state index in [0.717, 1.165) is 6.07 Å². The van der Waals surface area contributed by atoms with Crippen LogP contribution in [0.1, 0.15) is 12.8 Å². The zero-order valence-electron chi connectivity index (χ0n) is 10.1. The average molecular weight is 288 g/mol. The molecule has 0 aliphatic heterocycles. The topological polar surface area (TPSA) is 78.4 Å². The number of hydrogen-bond acceptors (Lipinski definition) is 2. The number of carboxylic acids is 1. The van der Waals surface area contributed by atoms with E-state index in [2.05, 4.69) is 5.32 Å². The lowest BCUT2D eigenvalue weighted by molar-refractivity contribution is -0.139. The summed E-state index contributed by atoms with van der Waals surface area (Å²) in [5, 5.41) is 13.0. The first-order chi connectivity index (χ1) is 9.40. The number of rotatable bonds is 4. The number of carbonyl (C=O) groups is 2. The van der Waals surface area contributed by atoms with Gasteiger partial charge in [0.1, 0.15) is 6.04 Å². The fourth-order valence-electron chi connectivity index (χ4n) is 1.73. The molecule has 2 rings (SSSR count). The standard InChI is InChI=1S/C12H11F3N2O3/c13-6-3-4-7(9(15)8(6)14)16-12(20)17-10(11(18)19)5-1-2-5/h3-5,10H,1-2H2,(H,18,19)(H2,16,17,20). The number of benzene rings is 1. The minimum absolute atomic E-state index is 0.159. The van der Waals surface area contributed by atoms with E-state index in [1.807, 2.05) is 5.32 Å². The van der Waals surface area contributed by atoms with Gasteiger partial charge in [0, 0.05) is 0 Å². The summed E-state index contributed by atoms with van der Waals surface area (Å²) in [5.74, 6) is -5.99. The summed E-state index contributed by atoms with van der Waals surface area (Å²) in [6.07, 6.45) is 1.35. The van der Waals surface area contributed by atoms with Gasteiger partial charge < -0.3 is 15.7 Å². The first-order valence-corrected chi connectivity index (χ1v) is 5.84. The Kier molecular flexibility index (Phi) is 3.82. The monoisotopic (exact) mass is 288 g/mol. The average Bonchev–Trinajstić information content (AvgIpc) is 3.21. The van der Waals surface area contributed by atoms with Crippen molar-refractivity contribution in [2.75, 3.05) is 5.32 Å². The van der Waals surface area contributed by atoms with Crippen LogP contribution in [0.4, 0.5) is 23.7 Å². The van der Waals surface area contributed by atoms with Crippen molar-refractivity contribution < 1.29 is 27.9 Å². The molecule has 1 aromatic carbocycles. The molecular formula is C12H11F3N2O3. The van der Waals surface area contributed by atoms with E-state index in [9.17, 15) is 22.8 Å². The number of carboxylic acid groups (broad SMARTS) is 1. The summed E-state index contributed by atoms with van der Waals surface area (Å²) < 4.78 is 39.0. The van der Waals surface area contributed by atoms with Gasteiger partial charge in [0.05, 0.1) is 5.69 Å². The van der Waals surface area contributed by atoms with Crippen LogP contribution in [0, 0.1) is 23.4 Å². The summed E-state index contributed by atoms with van der Waals surface area (Å²) in [5.41, 5.74) is -0.568. The number of amides is 2. The molecule has 0 spiro atoms. The first-order valence-electron chi connectivity index (χ1n) is 5.84. The minimum atomic E-state index is -1.71. The van der Waals surface area contributed by atoms with Crippen LogP contribution in [0.25, 0.3) is 0 Å². The van der Waals surface area contributed by atoms with Crippen LogP contribution < -0.4 is 10.6 Å². The Labute approximate surface area is 111 Å². The molecule has 1 aromatic rings. The van der Waals surface area contributed by atoms with E-state index in [1.54, 1.807) is 0 Å². The van der Waals surface area contributed by atoms with Crippen molar-refractivity contribution in [1.82, 2.24) is 5.32 Å². The van der Waals surface area contributed by atoms with Crippen LogP contribution in [0.2, 0.25) is 0 Å². The second-order valence-electron chi connectivity index (χ2n) is 4.47. The van der Waals surface area contributed by atoms with E-state index in [-0.39, 0.29) is 5.92 Å². The predicted octanol–water partition coefficient (Wildman–Crippen LogP) is 2.09. The van der Waals surface area contributed by atoms with Crippen molar-refractivity contribution >= 4 is 17.7 Å². The SMILES string of the molecule is O=C(Nc1ccc(F)c(F)c1F)NC(C(=O)O)C1CC1. The van der Waals surface area contributed by atoms with Gasteiger partial charge in [0.25, 0.3) is 0 Å². The molecule has 1 saturated carbocycles. The van der Waals surface area contributed by atoms with Gasteiger partial charge in [-0.3, -0.25) is 0 Å². The van der Waals surface area contributed by atoms with Gasteiger partial charge in [-0.25, -0.2) is 22.8 Å². The Balaban J connectivity index is 2.04. The maximum Gasteiger partial charge on any atom is 0.326 e. The van der Waals surface area contributed by atoms with E-state index in [1.165, 1.54) is 0 Å². The number of nitrogens with one attached hydrogen (secondary N) is 2. The van der Waals surface area contributed by atoms with Gasteiger partial charge in [-0.15, -0.1) is 0 Å². The molecular weight excluding hydrogens is 277 g/mol. The highest BCUT2D eigenvalue weighted by Gasteiger charge is 2.37. The second-order valence-corrected chi connectivity index (χ2v) is 4.47. The predicted molar refractivity (Wildman–Crippen MR) is 62.6 cm³/mol. The molecule has 1 atom stereocenters. The van der Waals surface area contributed by atoms with Crippen molar-refractivity contribution in [1.29, 1.82) is 0 Å². The molecule has 1 aliphatic carbocycles. The van der Waals surface area contributed by atoms with Crippen LogP contribution in [-0.4, -0.2) is 23.1 Å². The molecule has 0 aromatic heterocycles. The number of halogens is 3. The molecule has 0 saturated heterocycles. The molecule has 5 nitrogen and oxygen atoms in total. The molecule has 20 heavy (non-hydrogen) atoms. The fourth-order valence-corrected chi connectivity index (χ4v) is 1.73. The maximum atomic E-state index is 13.3.